The second-order valence-corrected chi connectivity index (χ2v) is 19.2. The van der Waals surface area contributed by atoms with E-state index < -0.39 is 17.6 Å². The van der Waals surface area contributed by atoms with Gasteiger partial charge >= 0.3 is 17.6 Å². The zero-order valence-electron chi connectivity index (χ0n) is 39.6. The Kier molecular flexibility index (Phi) is 45.1. The predicted molar refractivity (Wildman–Crippen MR) is 235 cm³/mol. The van der Waals surface area contributed by atoms with Gasteiger partial charge in [0.25, 0.3) is 0 Å². The Hall–Kier alpha value is -0.616. The highest BCUT2D eigenvalue weighted by atomic mass is 28.4. The van der Waals surface area contributed by atoms with Gasteiger partial charge in [-0.25, -0.2) is 0 Å². The Morgan fingerprint density at radius 2 is 0.516 bits per heavy atom. The zero-order valence-corrected chi connectivity index (χ0v) is 41.6. The van der Waals surface area contributed by atoms with Gasteiger partial charge in [-0.15, -0.1) is 0 Å². The third-order valence-electron chi connectivity index (χ3n) is 9.28. The Balaban J connectivity index is 6.22. The van der Waals surface area contributed by atoms with Gasteiger partial charge in [0, 0.05) is 66.6 Å². The SMILES string of the molecule is CCC(CC[Si](OCCOCCOC)(OCCOCCOC)OCCOCCOC)C(=O)C(CC)CC[Si](OCCOCCOC)(OCCOCCOC)OCCOCCOC. The van der Waals surface area contributed by atoms with E-state index in [1.165, 1.54) is 0 Å². The normalized spacial score (nSPS) is 13.3. The fraction of sp³-hybridized carbons (Fsp3) is 0.976. The Bertz CT molecular complexity index is 796. The summed E-state index contributed by atoms with van der Waals surface area (Å²) in [5, 5.41) is 0. The largest absolute Gasteiger partial charge is 0.501 e. The maximum Gasteiger partial charge on any atom is 0.501 e. The van der Waals surface area contributed by atoms with Crippen LogP contribution in [-0.4, -0.2) is 225 Å². The first kappa shape index (κ1) is 61.4. The Labute approximate surface area is 375 Å². The molecule has 0 aliphatic rings. The molecule has 0 N–H and O–H groups in total. The molecule has 0 heterocycles. The molecule has 0 radical (unpaired) electrons. The van der Waals surface area contributed by atoms with E-state index in [1.807, 2.05) is 13.8 Å². The van der Waals surface area contributed by atoms with Gasteiger partial charge in [0.15, 0.2) is 0 Å². The quantitative estimate of drug-likeness (QED) is 0.0639. The molecule has 0 saturated carbocycles. The monoisotopic (exact) mass is 939 g/mol. The molecule has 0 amide bonds. The Morgan fingerprint density at radius 1 is 0.323 bits per heavy atom. The van der Waals surface area contributed by atoms with E-state index in [1.54, 1.807) is 42.7 Å². The average molecular weight is 939 g/mol. The van der Waals surface area contributed by atoms with Gasteiger partial charge in [-0.2, -0.15) is 0 Å². The lowest BCUT2D eigenvalue weighted by molar-refractivity contribution is -0.127. The molecule has 372 valence electrons. The highest BCUT2D eigenvalue weighted by Gasteiger charge is 2.44. The minimum absolute atomic E-state index is 0.156. The summed E-state index contributed by atoms with van der Waals surface area (Å²) < 4.78 is 104. The highest BCUT2D eigenvalue weighted by Crippen LogP contribution is 2.30. The van der Waals surface area contributed by atoms with Gasteiger partial charge in [-0.3, -0.25) is 4.79 Å². The van der Waals surface area contributed by atoms with Crippen LogP contribution in [0.5, 0.6) is 0 Å². The Morgan fingerprint density at radius 3 is 0.694 bits per heavy atom. The minimum Gasteiger partial charge on any atom is -0.382 e. The van der Waals surface area contributed by atoms with E-state index >= 15 is 0 Å². The van der Waals surface area contributed by atoms with Gasteiger partial charge in [0.2, 0.25) is 0 Å². The molecule has 2 unspecified atom stereocenters. The van der Waals surface area contributed by atoms with Gasteiger partial charge < -0.3 is 83.4 Å². The third kappa shape index (κ3) is 33.8. The number of ether oxygens (including phenoxy) is 12. The molecule has 0 aromatic heterocycles. The van der Waals surface area contributed by atoms with E-state index in [-0.39, 0.29) is 57.3 Å². The molecule has 0 aliphatic carbocycles. The number of carbonyl (C=O) groups is 1. The minimum atomic E-state index is -3.40. The highest BCUT2D eigenvalue weighted by molar-refractivity contribution is 6.61. The van der Waals surface area contributed by atoms with E-state index in [9.17, 15) is 4.79 Å². The number of hydrogen-bond acceptors (Lipinski definition) is 19. The lowest BCUT2D eigenvalue weighted by Gasteiger charge is -2.32. The van der Waals surface area contributed by atoms with Crippen molar-refractivity contribution in [2.24, 2.45) is 11.8 Å². The summed E-state index contributed by atoms with van der Waals surface area (Å²) in [5.74, 6) is -0.413. The molecule has 2 atom stereocenters. The van der Waals surface area contributed by atoms with Gasteiger partial charge in [-0.1, -0.05) is 13.8 Å². The van der Waals surface area contributed by atoms with Crippen LogP contribution in [0.2, 0.25) is 12.1 Å². The van der Waals surface area contributed by atoms with Gasteiger partial charge in [0.05, 0.1) is 159 Å². The molecule has 0 aromatic rings. The second-order valence-electron chi connectivity index (χ2n) is 13.8. The topological polar surface area (TPSA) is 183 Å². The summed E-state index contributed by atoms with van der Waals surface area (Å²) >= 11 is 0. The smallest absolute Gasteiger partial charge is 0.382 e. The number of hydrogen-bond donors (Lipinski definition) is 0. The van der Waals surface area contributed by atoms with Crippen molar-refractivity contribution < 1.29 is 88.2 Å². The summed E-state index contributed by atoms with van der Waals surface area (Å²) in [5.41, 5.74) is 0. The predicted octanol–water partition coefficient (Wildman–Crippen LogP) is 3.34. The van der Waals surface area contributed by atoms with Crippen LogP contribution in [0.1, 0.15) is 39.5 Å². The molecule has 0 aromatic carbocycles. The molecule has 0 rings (SSSR count). The summed E-state index contributed by atoms with van der Waals surface area (Å²) in [6.45, 7) is 12.8. The molecule has 62 heavy (non-hydrogen) atoms. The van der Waals surface area contributed by atoms with Crippen molar-refractivity contribution in [3.8, 4) is 0 Å². The van der Waals surface area contributed by atoms with Crippen LogP contribution in [0.3, 0.4) is 0 Å². The maximum absolute atomic E-state index is 14.5. The van der Waals surface area contributed by atoms with Crippen LogP contribution in [0.15, 0.2) is 0 Å². The van der Waals surface area contributed by atoms with Crippen LogP contribution >= 0.6 is 0 Å². The molecule has 0 saturated heterocycles. The first-order chi connectivity index (χ1) is 30.4. The lowest BCUT2D eigenvalue weighted by atomic mass is 9.86. The zero-order chi connectivity index (χ0) is 45.7. The molecular formula is C41H86O19Si2. The van der Waals surface area contributed by atoms with Crippen LogP contribution in [0.25, 0.3) is 0 Å². The fourth-order valence-electron chi connectivity index (χ4n) is 5.82. The number of Topliss-reactive ketones (excluding diaryl/α,β-unsaturated/α-hetero) is 1. The molecule has 0 aliphatic heterocycles. The summed E-state index contributed by atoms with van der Waals surface area (Å²) in [7, 11) is 2.94. The number of ketones is 1. The van der Waals surface area contributed by atoms with Crippen molar-refractivity contribution in [1.82, 2.24) is 0 Å². The van der Waals surface area contributed by atoms with Crippen molar-refractivity contribution in [1.29, 1.82) is 0 Å². The standard InChI is InChI=1S/C41H86O19Si2/c1-9-39(11-37-61(55-31-25-49-19-13-43-3,56-32-26-50-20-14-44-4)57-33-27-51-21-15-45-5)41(42)40(10-2)12-38-62(58-34-28-52-22-16-46-6,59-35-29-53-23-17-47-7)60-36-30-54-24-18-48-8/h39-40H,9-38H2,1-8H3. The van der Waals surface area contributed by atoms with Crippen molar-refractivity contribution >= 4 is 23.4 Å². The molecule has 21 heteroatoms. The summed E-state index contributed by atoms with van der Waals surface area (Å²) in [6, 6.07) is 0.816. The molecule has 0 bridgehead atoms. The van der Waals surface area contributed by atoms with E-state index in [0.717, 1.165) is 0 Å². The van der Waals surface area contributed by atoms with Crippen LogP contribution in [0.4, 0.5) is 0 Å². The first-order valence-corrected chi connectivity index (χ1v) is 26.0. The summed E-state index contributed by atoms with van der Waals surface area (Å²) in [6.07, 6.45) is 2.26. The first-order valence-electron chi connectivity index (χ1n) is 22.1. The van der Waals surface area contributed by atoms with Gasteiger partial charge in [0.1, 0.15) is 5.78 Å². The van der Waals surface area contributed by atoms with Crippen molar-refractivity contribution in [2.75, 3.05) is 201 Å². The van der Waals surface area contributed by atoms with Crippen LogP contribution in [0, 0.1) is 11.8 Å². The van der Waals surface area contributed by atoms with E-state index in [4.69, 9.17) is 83.4 Å². The lowest BCUT2D eigenvalue weighted by Crippen LogP contribution is -2.49. The molecule has 19 nitrogen and oxygen atoms in total. The van der Waals surface area contributed by atoms with Crippen molar-refractivity contribution in [3.63, 3.8) is 0 Å². The van der Waals surface area contributed by atoms with E-state index in [2.05, 4.69) is 0 Å². The van der Waals surface area contributed by atoms with Crippen LogP contribution < -0.4 is 0 Å². The molecule has 0 spiro atoms. The van der Waals surface area contributed by atoms with Crippen LogP contribution in [-0.2, 0) is 88.2 Å². The second kappa shape index (κ2) is 45.5. The average Bonchev–Trinajstić information content (AvgIpc) is 3.28. The number of carbonyl (C=O) groups excluding carboxylic acids is 1. The van der Waals surface area contributed by atoms with Crippen molar-refractivity contribution in [3.05, 3.63) is 0 Å². The number of methoxy groups -OCH3 is 6. The summed E-state index contributed by atoms with van der Waals surface area (Å²) in [4.78, 5) is 14.5. The molecular weight excluding hydrogens is 853 g/mol. The fourth-order valence-corrected chi connectivity index (χ4v) is 11.0. The van der Waals surface area contributed by atoms with Crippen molar-refractivity contribution in [2.45, 2.75) is 51.6 Å². The maximum atomic E-state index is 14.5. The number of rotatable bonds is 52. The van der Waals surface area contributed by atoms with Gasteiger partial charge in [-0.05, 0) is 25.7 Å². The molecule has 0 fully saturated rings. The third-order valence-corrected chi connectivity index (χ3v) is 14.9. The van der Waals surface area contributed by atoms with E-state index in [0.29, 0.717) is 157 Å².